The molecule has 28 heavy (non-hydrogen) atoms. The van der Waals surface area contributed by atoms with E-state index in [1.165, 1.54) is 0 Å². The first-order valence-electron chi connectivity index (χ1n) is 9.15. The fourth-order valence-electron chi connectivity index (χ4n) is 3.21. The highest BCUT2D eigenvalue weighted by Gasteiger charge is 2.19. The lowest BCUT2D eigenvalue weighted by atomic mass is 10.0. The van der Waals surface area contributed by atoms with E-state index in [1.807, 2.05) is 43.4 Å². The number of rotatable bonds is 7. The quantitative estimate of drug-likeness (QED) is 0.480. The molecule has 0 spiro atoms. The Balaban J connectivity index is 1.93. The van der Waals surface area contributed by atoms with Crippen LogP contribution in [0.3, 0.4) is 0 Å². The number of fused-ring (bicyclic) bond motifs is 1. The molecule has 0 saturated heterocycles. The molecule has 0 aliphatic rings. The fourth-order valence-corrected chi connectivity index (χ4v) is 3.21. The number of hydrogen-bond acceptors (Lipinski definition) is 5. The lowest BCUT2D eigenvalue weighted by Crippen LogP contribution is -2.16. The Morgan fingerprint density at radius 1 is 1.07 bits per heavy atom. The van der Waals surface area contributed by atoms with Gasteiger partial charge in [0.25, 0.3) is 0 Å². The minimum absolute atomic E-state index is 0.558. The second kappa shape index (κ2) is 8.10. The van der Waals surface area contributed by atoms with Gasteiger partial charge in [0.05, 0.1) is 24.5 Å². The minimum Gasteiger partial charge on any atom is -0.490 e. The Morgan fingerprint density at radius 3 is 2.71 bits per heavy atom. The number of aromatic nitrogens is 3. The van der Waals surface area contributed by atoms with Gasteiger partial charge >= 0.3 is 0 Å². The largest absolute Gasteiger partial charge is 0.490 e. The lowest BCUT2D eigenvalue weighted by molar-refractivity contribution is 0.318. The van der Waals surface area contributed by atoms with Gasteiger partial charge in [-0.1, -0.05) is 30.3 Å². The van der Waals surface area contributed by atoms with Crippen LogP contribution in [-0.4, -0.2) is 42.3 Å². The maximum Gasteiger partial charge on any atom is 0.213 e. The molecule has 1 aromatic carbocycles. The van der Waals surface area contributed by atoms with E-state index in [2.05, 4.69) is 27.4 Å². The number of methoxy groups -OCH3 is 1. The maximum atomic E-state index is 5.97. The summed E-state index contributed by atoms with van der Waals surface area (Å²) in [6.45, 7) is 1.31. The van der Waals surface area contributed by atoms with Crippen molar-refractivity contribution in [3.05, 3.63) is 60.9 Å². The molecule has 0 aliphatic heterocycles. The van der Waals surface area contributed by atoms with Crippen molar-refractivity contribution in [2.75, 3.05) is 27.3 Å². The molecule has 0 radical (unpaired) electrons. The summed E-state index contributed by atoms with van der Waals surface area (Å²) in [6, 6.07) is 16.0. The van der Waals surface area contributed by atoms with Crippen molar-refractivity contribution in [3.8, 4) is 34.0 Å². The zero-order chi connectivity index (χ0) is 19.3. The number of H-pyrrole nitrogens is 1. The molecule has 0 unspecified atom stereocenters. The van der Waals surface area contributed by atoms with Gasteiger partial charge in [0, 0.05) is 29.9 Å². The Labute approximate surface area is 163 Å². The smallest absolute Gasteiger partial charge is 0.213 e. The summed E-state index contributed by atoms with van der Waals surface area (Å²) >= 11 is 0. The molecule has 0 amide bonds. The second-order valence-electron chi connectivity index (χ2n) is 6.31. The Bertz CT molecular complexity index is 1080. The number of pyridine rings is 2. The van der Waals surface area contributed by atoms with Gasteiger partial charge in [-0.05, 0) is 24.7 Å². The highest BCUT2D eigenvalue weighted by molar-refractivity contribution is 6.02. The molecule has 0 atom stereocenters. The van der Waals surface area contributed by atoms with Gasteiger partial charge in [0.15, 0.2) is 0 Å². The molecule has 0 aliphatic carbocycles. The van der Waals surface area contributed by atoms with Crippen molar-refractivity contribution < 1.29 is 9.47 Å². The van der Waals surface area contributed by atoms with Gasteiger partial charge < -0.3 is 19.8 Å². The lowest BCUT2D eigenvalue weighted by Gasteiger charge is -2.12. The molecule has 0 fully saturated rings. The predicted molar refractivity (Wildman–Crippen MR) is 111 cm³/mol. The molecule has 142 valence electrons. The molecule has 3 aromatic heterocycles. The standard InChI is InChI=1S/C22H22N4O2/c1-23-12-13-28-18-14-24-11-10-16(18)21-20(15-6-4-3-5-7-15)22-17(25-21)8-9-19(26-22)27-2/h3-11,14,23,25H,12-13H2,1-2H3. The first-order chi connectivity index (χ1) is 13.8. The second-order valence-corrected chi connectivity index (χ2v) is 6.31. The van der Waals surface area contributed by atoms with Crippen LogP contribution in [0.25, 0.3) is 33.4 Å². The van der Waals surface area contributed by atoms with Crippen molar-refractivity contribution in [2.24, 2.45) is 0 Å². The van der Waals surface area contributed by atoms with Gasteiger partial charge in [-0.25, -0.2) is 4.98 Å². The Kier molecular flexibility index (Phi) is 5.21. The normalized spacial score (nSPS) is 10.9. The summed E-state index contributed by atoms with van der Waals surface area (Å²) in [7, 11) is 3.53. The summed E-state index contributed by atoms with van der Waals surface area (Å²) in [5.41, 5.74) is 5.78. The molecule has 3 heterocycles. The van der Waals surface area contributed by atoms with Crippen molar-refractivity contribution in [1.82, 2.24) is 20.3 Å². The first-order valence-corrected chi connectivity index (χ1v) is 9.15. The molecule has 0 saturated carbocycles. The van der Waals surface area contributed by atoms with E-state index in [0.717, 1.165) is 45.7 Å². The number of aromatic amines is 1. The van der Waals surface area contributed by atoms with E-state index < -0.39 is 0 Å². The molecule has 2 N–H and O–H groups in total. The third kappa shape index (κ3) is 3.42. The summed E-state index contributed by atoms with van der Waals surface area (Å²) in [5.74, 6) is 1.31. The van der Waals surface area contributed by atoms with E-state index in [9.17, 15) is 0 Å². The summed E-state index contributed by atoms with van der Waals surface area (Å²) in [6.07, 6.45) is 3.52. The number of likely N-dealkylation sites (N-methyl/N-ethyl adjacent to an activating group) is 1. The van der Waals surface area contributed by atoms with Crippen molar-refractivity contribution in [3.63, 3.8) is 0 Å². The SMILES string of the molecule is CNCCOc1cnccc1-c1[nH]c2ccc(OC)nc2c1-c1ccccc1. The zero-order valence-corrected chi connectivity index (χ0v) is 15.9. The number of nitrogens with one attached hydrogen (secondary N) is 2. The minimum atomic E-state index is 0.558. The van der Waals surface area contributed by atoms with E-state index >= 15 is 0 Å². The number of benzene rings is 1. The first kappa shape index (κ1) is 18.0. The molecule has 4 rings (SSSR count). The van der Waals surface area contributed by atoms with Crippen LogP contribution in [-0.2, 0) is 0 Å². The van der Waals surface area contributed by atoms with Crippen LogP contribution in [0.1, 0.15) is 0 Å². The zero-order valence-electron chi connectivity index (χ0n) is 15.9. The topological polar surface area (TPSA) is 72.1 Å². The van der Waals surface area contributed by atoms with E-state index in [4.69, 9.17) is 14.5 Å². The van der Waals surface area contributed by atoms with E-state index in [1.54, 1.807) is 19.5 Å². The summed E-state index contributed by atoms with van der Waals surface area (Å²) in [4.78, 5) is 12.5. The van der Waals surface area contributed by atoms with Gasteiger partial charge in [0.2, 0.25) is 5.88 Å². The van der Waals surface area contributed by atoms with Crippen molar-refractivity contribution >= 4 is 11.0 Å². The van der Waals surface area contributed by atoms with Crippen LogP contribution in [0, 0.1) is 0 Å². The highest BCUT2D eigenvalue weighted by Crippen LogP contribution is 2.41. The van der Waals surface area contributed by atoms with Gasteiger partial charge in [-0.15, -0.1) is 0 Å². The Morgan fingerprint density at radius 2 is 1.93 bits per heavy atom. The van der Waals surface area contributed by atoms with Crippen LogP contribution >= 0.6 is 0 Å². The molecule has 6 heteroatoms. The molecule has 4 aromatic rings. The summed E-state index contributed by atoms with van der Waals surface area (Å²) in [5, 5.41) is 3.09. The number of hydrogen-bond donors (Lipinski definition) is 2. The molecule has 6 nitrogen and oxygen atoms in total. The van der Waals surface area contributed by atoms with Crippen molar-refractivity contribution in [1.29, 1.82) is 0 Å². The van der Waals surface area contributed by atoms with Gasteiger partial charge in [-0.2, -0.15) is 0 Å². The average Bonchev–Trinajstić information content (AvgIpc) is 3.13. The molecule has 0 bridgehead atoms. The van der Waals surface area contributed by atoms with Crippen LogP contribution in [0.5, 0.6) is 11.6 Å². The predicted octanol–water partition coefficient (Wildman–Crippen LogP) is 3.90. The van der Waals surface area contributed by atoms with Crippen LogP contribution < -0.4 is 14.8 Å². The van der Waals surface area contributed by atoms with E-state index in [0.29, 0.717) is 12.5 Å². The van der Waals surface area contributed by atoms with Crippen LogP contribution in [0.4, 0.5) is 0 Å². The molecular formula is C22H22N4O2. The Hall–Kier alpha value is -3.38. The maximum absolute atomic E-state index is 5.97. The van der Waals surface area contributed by atoms with Crippen LogP contribution in [0.2, 0.25) is 0 Å². The fraction of sp³-hybridized carbons (Fsp3) is 0.182. The third-order valence-electron chi connectivity index (χ3n) is 4.55. The van der Waals surface area contributed by atoms with Crippen molar-refractivity contribution in [2.45, 2.75) is 0 Å². The average molecular weight is 374 g/mol. The molecular weight excluding hydrogens is 352 g/mol. The van der Waals surface area contributed by atoms with Crippen LogP contribution in [0.15, 0.2) is 60.9 Å². The van der Waals surface area contributed by atoms with E-state index in [-0.39, 0.29) is 0 Å². The third-order valence-corrected chi connectivity index (χ3v) is 4.55. The summed E-state index contributed by atoms with van der Waals surface area (Å²) < 4.78 is 11.3. The highest BCUT2D eigenvalue weighted by atomic mass is 16.5. The number of ether oxygens (including phenoxy) is 2. The number of nitrogens with zero attached hydrogens (tertiary/aromatic N) is 2. The monoisotopic (exact) mass is 374 g/mol. The van der Waals surface area contributed by atoms with Gasteiger partial charge in [0.1, 0.15) is 17.9 Å². The van der Waals surface area contributed by atoms with Gasteiger partial charge in [-0.3, -0.25) is 4.98 Å².